The summed E-state index contributed by atoms with van der Waals surface area (Å²) >= 11 is 0. The summed E-state index contributed by atoms with van der Waals surface area (Å²) in [5, 5.41) is 13.5. The summed E-state index contributed by atoms with van der Waals surface area (Å²) in [6.45, 7) is 10.5. The molecule has 1 aliphatic rings. The Morgan fingerprint density at radius 1 is 1.12 bits per heavy atom. The van der Waals surface area contributed by atoms with E-state index in [1.807, 2.05) is 36.5 Å². The Hall–Kier alpha value is -3.37. The fourth-order valence-corrected chi connectivity index (χ4v) is 4.61. The topological polar surface area (TPSA) is 77.2 Å². The third kappa shape index (κ3) is 5.57. The fourth-order valence-electron chi connectivity index (χ4n) is 4.61. The molecule has 1 aromatic carbocycles. The van der Waals surface area contributed by atoms with Crippen molar-refractivity contribution in [2.24, 2.45) is 5.92 Å². The Balaban J connectivity index is 1.36. The van der Waals surface area contributed by atoms with Crippen LogP contribution in [-0.4, -0.2) is 59.6 Å². The summed E-state index contributed by atoms with van der Waals surface area (Å²) in [4.78, 5) is 22.0. The summed E-state index contributed by atoms with van der Waals surface area (Å²) in [5.74, 6) is 1.22. The van der Waals surface area contributed by atoms with Crippen LogP contribution in [0.25, 0.3) is 10.9 Å². The average molecular weight is 459 g/mol. The lowest BCUT2D eigenvalue weighted by Crippen LogP contribution is -2.32. The summed E-state index contributed by atoms with van der Waals surface area (Å²) in [6, 6.07) is 14.1. The minimum absolute atomic E-state index is 0.00233. The summed E-state index contributed by atoms with van der Waals surface area (Å²) in [6.07, 6.45) is 5.83. The van der Waals surface area contributed by atoms with Crippen LogP contribution in [0.5, 0.6) is 0 Å². The van der Waals surface area contributed by atoms with E-state index in [9.17, 15) is 10.1 Å². The minimum atomic E-state index is 0.00233. The van der Waals surface area contributed by atoms with Crippen LogP contribution in [0.3, 0.4) is 0 Å². The number of aryl methyl sites for hydroxylation is 1. The van der Waals surface area contributed by atoms with Crippen molar-refractivity contribution in [1.29, 1.82) is 5.26 Å². The van der Waals surface area contributed by atoms with Crippen molar-refractivity contribution < 1.29 is 4.79 Å². The van der Waals surface area contributed by atoms with E-state index >= 15 is 0 Å². The largest absolute Gasteiger partial charge is 0.354 e. The fraction of sp³-hybridized carbons (Fsp3) is 0.444. The normalized spacial score (nSPS) is 14.8. The summed E-state index contributed by atoms with van der Waals surface area (Å²) in [5.41, 5.74) is 2.51. The van der Waals surface area contributed by atoms with E-state index in [0.717, 1.165) is 74.4 Å². The van der Waals surface area contributed by atoms with E-state index in [1.54, 1.807) is 6.20 Å². The van der Waals surface area contributed by atoms with Gasteiger partial charge in [-0.1, -0.05) is 32.0 Å². The molecule has 0 bridgehead atoms. The molecule has 34 heavy (non-hydrogen) atoms. The number of aromatic nitrogens is 2. The van der Waals surface area contributed by atoms with Gasteiger partial charge in [-0.15, -0.1) is 0 Å². The first-order valence-electron chi connectivity index (χ1n) is 12.3. The number of carbonyl (C=O) groups is 1. The van der Waals surface area contributed by atoms with E-state index in [-0.39, 0.29) is 5.91 Å². The number of nitrogens with one attached hydrogen (secondary N) is 1. The van der Waals surface area contributed by atoms with Gasteiger partial charge in [-0.2, -0.15) is 5.26 Å². The average Bonchev–Trinajstić information content (AvgIpc) is 3.05. The lowest BCUT2D eigenvalue weighted by atomic mass is 10.1. The van der Waals surface area contributed by atoms with Gasteiger partial charge < -0.3 is 19.7 Å². The van der Waals surface area contributed by atoms with Crippen molar-refractivity contribution in [2.45, 2.75) is 33.2 Å². The molecular formula is C27H34N6O. The molecule has 2 aromatic heterocycles. The molecule has 4 rings (SSSR count). The van der Waals surface area contributed by atoms with Crippen LogP contribution < -0.4 is 10.2 Å². The van der Waals surface area contributed by atoms with Gasteiger partial charge in [0.1, 0.15) is 11.9 Å². The molecule has 178 valence electrons. The van der Waals surface area contributed by atoms with Crippen molar-refractivity contribution >= 4 is 22.6 Å². The highest BCUT2D eigenvalue weighted by Gasteiger charge is 2.19. The lowest BCUT2D eigenvalue weighted by molar-refractivity contribution is 0.0950. The van der Waals surface area contributed by atoms with Gasteiger partial charge in [0.25, 0.3) is 5.91 Å². The molecule has 1 fully saturated rings. The van der Waals surface area contributed by atoms with E-state index in [1.165, 1.54) is 0 Å². The Kier molecular flexibility index (Phi) is 7.81. The number of para-hydroxylation sites is 1. The molecule has 3 heterocycles. The molecule has 0 radical (unpaired) electrons. The Morgan fingerprint density at radius 3 is 2.79 bits per heavy atom. The molecule has 1 aliphatic heterocycles. The highest BCUT2D eigenvalue weighted by Crippen LogP contribution is 2.22. The highest BCUT2D eigenvalue weighted by atomic mass is 16.1. The Labute approximate surface area is 202 Å². The molecule has 0 unspecified atom stereocenters. The number of rotatable bonds is 8. The molecule has 1 amide bonds. The standard InChI is InChI=1S/C27H34N6O/c1-21(2)19-30-27(34)24-20-33(25-10-4-3-9-23(24)25)15-7-13-31-12-6-14-32(17-16-31)26-22(18-28)8-5-11-29-26/h3-5,8-11,20-21H,6-7,12-17,19H2,1-2H3,(H,30,34). The van der Waals surface area contributed by atoms with E-state index in [4.69, 9.17) is 0 Å². The first kappa shape index (κ1) is 23.8. The lowest BCUT2D eigenvalue weighted by Gasteiger charge is -2.23. The molecule has 7 heteroatoms. The molecule has 0 spiro atoms. The van der Waals surface area contributed by atoms with Gasteiger partial charge in [-0.05, 0) is 50.0 Å². The number of carbonyl (C=O) groups excluding carboxylic acids is 1. The zero-order valence-corrected chi connectivity index (χ0v) is 20.2. The number of fused-ring (bicyclic) bond motifs is 1. The molecule has 0 saturated carbocycles. The van der Waals surface area contributed by atoms with Gasteiger partial charge >= 0.3 is 0 Å². The van der Waals surface area contributed by atoms with Crippen LogP contribution in [0.2, 0.25) is 0 Å². The Morgan fingerprint density at radius 2 is 1.97 bits per heavy atom. The van der Waals surface area contributed by atoms with Crippen molar-refractivity contribution in [3.63, 3.8) is 0 Å². The van der Waals surface area contributed by atoms with Gasteiger partial charge in [0.2, 0.25) is 0 Å². The molecule has 0 aliphatic carbocycles. The number of nitriles is 1. The predicted molar refractivity (Wildman–Crippen MR) is 136 cm³/mol. The zero-order chi connectivity index (χ0) is 23.9. The van der Waals surface area contributed by atoms with Crippen LogP contribution in [0.15, 0.2) is 48.8 Å². The summed E-state index contributed by atoms with van der Waals surface area (Å²) < 4.78 is 2.22. The van der Waals surface area contributed by atoms with Crippen molar-refractivity contribution in [1.82, 2.24) is 19.8 Å². The van der Waals surface area contributed by atoms with Crippen molar-refractivity contribution in [3.8, 4) is 6.07 Å². The molecule has 0 atom stereocenters. The minimum Gasteiger partial charge on any atom is -0.354 e. The van der Waals surface area contributed by atoms with Crippen LogP contribution >= 0.6 is 0 Å². The van der Waals surface area contributed by atoms with Crippen LogP contribution in [0.4, 0.5) is 5.82 Å². The quantitative estimate of drug-likeness (QED) is 0.554. The van der Waals surface area contributed by atoms with Gasteiger partial charge in [0.05, 0.1) is 11.1 Å². The molecular weight excluding hydrogens is 424 g/mol. The number of pyridine rings is 1. The SMILES string of the molecule is CC(C)CNC(=O)c1cn(CCCN2CCCN(c3ncccc3C#N)CC2)c2ccccc12. The maximum atomic E-state index is 12.8. The molecule has 7 nitrogen and oxygen atoms in total. The van der Waals surface area contributed by atoms with Crippen molar-refractivity contribution in [2.75, 3.05) is 44.2 Å². The first-order chi connectivity index (χ1) is 16.6. The van der Waals surface area contributed by atoms with E-state index < -0.39 is 0 Å². The molecule has 1 N–H and O–H groups in total. The zero-order valence-electron chi connectivity index (χ0n) is 20.2. The Bertz CT molecular complexity index is 1160. The third-order valence-corrected chi connectivity index (χ3v) is 6.37. The second-order valence-corrected chi connectivity index (χ2v) is 9.38. The van der Waals surface area contributed by atoms with Gasteiger partial charge in [0, 0.05) is 56.0 Å². The number of amides is 1. The number of anilines is 1. The summed E-state index contributed by atoms with van der Waals surface area (Å²) in [7, 11) is 0. The molecule has 1 saturated heterocycles. The van der Waals surface area contributed by atoms with Crippen LogP contribution in [0, 0.1) is 17.2 Å². The van der Waals surface area contributed by atoms with Gasteiger partial charge in [-0.25, -0.2) is 4.98 Å². The monoisotopic (exact) mass is 458 g/mol. The second-order valence-electron chi connectivity index (χ2n) is 9.38. The predicted octanol–water partition coefficient (Wildman–Crippen LogP) is 3.90. The van der Waals surface area contributed by atoms with Crippen molar-refractivity contribution in [3.05, 3.63) is 59.9 Å². The molecule has 3 aromatic rings. The maximum Gasteiger partial charge on any atom is 0.253 e. The smallest absolute Gasteiger partial charge is 0.253 e. The second kappa shape index (κ2) is 11.2. The number of benzene rings is 1. The third-order valence-electron chi connectivity index (χ3n) is 6.37. The van der Waals surface area contributed by atoms with Gasteiger partial charge in [-0.3, -0.25) is 4.79 Å². The number of nitrogens with zero attached hydrogens (tertiary/aromatic N) is 5. The number of hydrogen-bond donors (Lipinski definition) is 1. The van der Waals surface area contributed by atoms with Crippen LogP contribution in [-0.2, 0) is 6.54 Å². The number of hydrogen-bond acceptors (Lipinski definition) is 5. The highest BCUT2D eigenvalue weighted by molar-refractivity contribution is 6.07. The van der Waals surface area contributed by atoms with Crippen LogP contribution in [0.1, 0.15) is 42.6 Å². The van der Waals surface area contributed by atoms with E-state index in [2.05, 4.69) is 50.7 Å². The van der Waals surface area contributed by atoms with Gasteiger partial charge in [0.15, 0.2) is 0 Å². The first-order valence-corrected chi connectivity index (χ1v) is 12.3. The maximum absolute atomic E-state index is 12.8. The van der Waals surface area contributed by atoms with E-state index in [0.29, 0.717) is 18.0 Å².